The highest BCUT2D eigenvalue weighted by molar-refractivity contribution is 7.89. The first kappa shape index (κ1) is 17.6. The average molecular weight is 389 g/mol. The molecule has 0 saturated carbocycles. The van der Waals surface area contributed by atoms with Crippen LogP contribution in [0.5, 0.6) is 0 Å². The third-order valence-corrected chi connectivity index (χ3v) is 7.43. The lowest BCUT2D eigenvalue weighted by Crippen LogP contribution is -2.39. The second kappa shape index (κ2) is 6.72. The summed E-state index contributed by atoms with van der Waals surface area (Å²) in [5.41, 5.74) is 2.98. The van der Waals surface area contributed by atoms with Gasteiger partial charge in [-0.05, 0) is 61.0 Å². The van der Waals surface area contributed by atoms with Gasteiger partial charge in [0.15, 0.2) is 0 Å². The Bertz CT molecular complexity index is 1030. The molecule has 0 bridgehead atoms. The van der Waals surface area contributed by atoms with Crippen molar-refractivity contribution >= 4 is 32.5 Å². The van der Waals surface area contributed by atoms with Crippen LogP contribution in [0.4, 0.5) is 0 Å². The maximum Gasteiger partial charge on any atom is 0.243 e. The number of hydrogen-bond acceptors (Lipinski definition) is 2. The number of aromatic amines is 1. The lowest BCUT2D eigenvalue weighted by atomic mass is 9.96. The molecule has 136 valence electrons. The van der Waals surface area contributed by atoms with Crippen molar-refractivity contribution in [2.75, 3.05) is 13.1 Å². The van der Waals surface area contributed by atoms with Crippen molar-refractivity contribution < 1.29 is 8.42 Å². The van der Waals surface area contributed by atoms with Crippen LogP contribution in [0, 0.1) is 6.92 Å². The molecule has 1 saturated heterocycles. The van der Waals surface area contributed by atoms with E-state index in [0.29, 0.717) is 23.0 Å². The van der Waals surface area contributed by atoms with Crippen LogP contribution in [-0.4, -0.2) is 30.8 Å². The van der Waals surface area contributed by atoms with E-state index in [1.807, 2.05) is 25.1 Å². The lowest BCUT2D eigenvalue weighted by Gasteiger charge is -2.31. The van der Waals surface area contributed by atoms with Crippen molar-refractivity contribution in [3.05, 3.63) is 64.8 Å². The first-order valence-corrected chi connectivity index (χ1v) is 10.6. The second-order valence-electron chi connectivity index (χ2n) is 6.93. The maximum atomic E-state index is 13.1. The largest absolute Gasteiger partial charge is 0.358 e. The number of para-hydroxylation sites is 1. The Morgan fingerprint density at radius 1 is 1.15 bits per heavy atom. The molecule has 26 heavy (non-hydrogen) atoms. The van der Waals surface area contributed by atoms with Gasteiger partial charge in [-0.1, -0.05) is 29.8 Å². The molecule has 1 aliphatic heterocycles. The summed E-state index contributed by atoms with van der Waals surface area (Å²) in [4.78, 5) is 3.77. The molecule has 2 aromatic carbocycles. The van der Waals surface area contributed by atoms with Crippen LogP contribution in [0.2, 0.25) is 5.02 Å². The summed E-state index contributed by atoms with van der Waals surface area (Å²) in [7, 11) is -3.51. The minimum absolute atomic E-state index is 0.180. The van der Waals surface area contributed by atoms with Gasteiger partial charge in [-0.25, -0.2) is 8.42 Å². The molecule has 1 aromatic heterocycles. The van der Waals surface area contributed by atoms with Gasteiger partial charge >= 0.3 is 0 Å². The van der Waals surface area contributed by atoms with Crippen LogP contribution in [0.15, 0.2) is 53.4 Å². The highest BCUT2D eigenvalue weighted by atomic mass is 35.5. The van der Waals surface area contributed by atoms with Gasteiger partial charge in [0.05, 0.1) is 4.90 Å². The van der Waals surface area contributed by atoms with Gasteiger partial charge in [0, 0.05) is 35.2 Å². The smallest absolute Gasteiger partial charge is 0.243 e. The summed E-state index contributed by atoms with van der Waals surface area (Å²) in [5.74, 6) is 0.180. The predicted octanol–water partition coefficient (Wildman–Crippen LogP) is 4.70. The molecule has 1 N–H and O–H groups in total. The first-order chi connectivity index (χ1) is 12.4. The molecule has 0 aliphatic carbocycles. The highest BCUT2D eigenvalue weighted by Gasteiger charge is 2.31. The number of fused-ring (bicyclic) bond motifs is 1. The summed E-state index contributed by atoms with van der Waals surface area (Å²) in [6.45, 7) is 2.88. The standard InChI is InChI=1S/C20H21ClN2O2S/c1-14-11-17(8-9-18(14)21)26(24,25)23-10-4-6-16(13-23)20-12-15-5-2-3-7-19(15)22-20/h2-3,5,7-9,11-12,16,22H,4,6,10,13H2,1H3. The third kappa shape index (κ3) is 3.15. The van der Waals surface area contributed by atoms with E-state index >= 15 is 0 Å². The molecule has 4 rings (SSSR count). The number of nitrogens with zero attached hydrogens (tertiary/aromatic N) is 1. The summed E-state index contributed by atoms with van der Waals surface area (Å²) in [6, 6.07) is 15.2. The zero-order valence-corrected chi connectivity index (χ0v) is 16.1. The van der Waals surface area contributed by atoms with Gasteiger partial charge in [-0.2, -0.15) is 4.31 Å². The van der Waals surface area contributed by atoms with E-state index < -0.39 is 10.0 Å². The number of piperidine rings is 1. The molecule has 1 unspecified atom stereocenters. The second-order valence-corrected chi connectivity index (χ2v) is 9.27. The van der Waals surface area contributed by atoms with Crippen molar-refractivity contribution in [1.29, 1.82) is 0 Å². The Balaban J connectivity index is 1.62. The fraction of sp³-hybridized carbons (Fsp3) is 0.300. The lowest BCUT2D eigenvalue weighted by molar-refractivity contribution is 0.313. The number of hydrogen-bond donors (Lipinski definition) is 1. The van der Waals surface area contributed by atoms with Gasteiger partial charge in [0.1, 0.15) is 0 Å². The number of sulfonamides is 1. The normalized spacial score (nSPS) is 19.1. The number of benzene rings is 2. The topological polar surface area (TPSA) is 53.2 Å². The minimum Gasteiger partial charge on any atom is -0.358 e. The van der Waals surface area contributed by atoms with Gasteiger partial charge in [0.2, 0.25) is 10.0 Å². The highest BCUT2D eigenvalue weighted by Crippen LogP contribution is 2.32. The van der Waals surface area contributed by atoms with E-state index in [1.54, 1.807) is 22.5 Å². The van der Waals surface area contributed by atoms with E-state index in [9.17, 15) is 8.42 Å². The van der Waals surface area contributed by atoms with Crippen LogP contribution in [-0.2, 0) is 10.0 Å². The van der Waals surface area contributed by atoms with Gasteiger partial charge in [0.25, 0.3) is 0 Å². The van der Waals surface area contributed by atoms with Crippen LogP contribution < -0.4 is 0 Å². The van der Waals surface area contributed by atoms with Gasteiger partial charge in [-0.3, -0.25) is 0 Å². The van der Waals surface area contributed by atoms with Crippen molar-refractivity contribution in [3.63, 3.8) is 0 Å². The third-order valence-electron chi connectivity index (χ3n) is 5.14. The molecule has 1 fully saturated rings. The fourth-order valence-electron chi connectivity index (χ4n) is 3.66. The number of nitrogens with one attached hydrogen (secondary N) is 1. The van der Waals surface area contributed by atoms with E-state index in [2.05, 4.69) is 17.1 Å². The monoisotopic (exact) mass is 388 g/mol. The number of halogens is 1. The molecule has 2 heterocycles. The van der Waals surface area contributed by atoms with Crippen LogP contribution in [0.1, 0.15) is 30.0 Å². The Kier molecular flexibility index (Phi) is 4.55. The minimum atomic E-state index is -3.51. The summed E-state index contributed by atoms with van der Waals surface area (Å²) < 4.78 is 27.8. The number of aromatic nitrogens is 1. The molecular weight excluding hydrogens is 368 g/mol. The Morgan fingerprint density at radius 2 is 1.96 bits per heavy atom. The van der Waals surface area contributed by atoms with Crippen LogP contribution >= 0.6 is 11.6 Å². The fourth-order valence-corrected chi connectivity index (χ4v) is 5.38. The average Bonchev–Trinajstić information content (AvgIpc) is 3.08. The molecule has 0 radical (unpaired) electrons. The van der Waals surface area contributed by atoms with Crippen molar-refractivity contribution in [2.45, 2.75) is 30.6 Å². The predicted molar refractivity (Wildman–Crippen MR) is 105 cm³/mol. The van der Waals surface area contributed by atoms with E-state index in [-0.39, 0.29) is 5.92 Å². The van der Waals surface area contributed by atoms with E-state index in [0.717, 1.165) is 35.0 Å². The first-order valence-electron chi connectivity index (χ1n) is 8.79. The van der Waals surface area contributed by atoms with Crippen molar-refractivity contribution in [2.24, 2.45) is 0 Å². The van der Waals surface area contributed by atoms with Gasteiger partial charge < -0.3 is 4.98 Å². The summed E-state index contributed by atoms with van der Waals surface area (Å²) in [6.07, 6.45) is 1.84. The zero-order valence-electron chi connectivity index (χ0n) is 14.6. The zero-order chi connectivity index (χ0) is 18.3. The molecule has 1 aliphatic rings. The summed E-state index contributed by atoms with van der Waals surface area (Å²) >= 11 is 6.05. The maximum absolute atomic E-state index is 13.1. The Morgan fingerprint density at radius 3 is 2.73 bits per heavy atom. The Labute approximate surface area is 158 Å². The number of aryl methyl sites for hydroxylation is 1. The van der Waals surface area contributed by atoms with E-state index in [1.165, 1.54) is 0 Å². The quantitative estimate of drug-likeness (QED) is 0.707. The molecule has 4 nitrogen and oxygen atoms in total. The molecule has 0 spiro atoms. The molecule has 3 aromatic rings. The summed E-state index contributed by atoms with van der Waals surface area (Å²) in [5, 5.41) is 1.74. The van der Waals surface area contributed by atoms with E-state index in [4.69, 9.17) is 11.6 Å². The van der Waals surface area contributed by atoms with Crippen LogP contribution in [0.25, 0.3) is 10.9 Å². The molecular formula is C20H21ClN2O2S. The van der Waals surface area contributed by atoms with Crippen molar-refractivity contribution in [1.82, 2.24) is 9.29 Å². The van der Waals surface area contributed by atoms with Crippen molar-refractivity contribution in [3.8, 4) is 0 Å². The number of rotatable bonds is 3. The Hall–Kier alpha value is -1.82. The SMILES string of the molecule is Cc1cc(S(=O)(=O)N2CCCC(c3cc4ccccc4[nH]3)C2)ccc1Cl. The van der Waals surface area contributed by atoms with Gasteiger partial charge in [-0.15, -0.1) is 0 Å². The number of H-pyrrole nitrogens is 1. The molecule has 1 atom stereocenters. The molecule has 0 amide bonds. The van der Waals surface area contributed by atoms with Crippen LogP contribution in [0.3, 0.4) is 0 Å². The molecule has 6 heteroatoms.